The molecule has 0 radical (unpaired) electrons. The van der Waals surface area contributed by atoms with Gasteiger partial charge in [-0.05, 0) is 19.3 Å². The lowest BCUT2D eigenvalue weighted by Gasteiger charge is -2.18. The Morgan fingerprint density at radius 3 is 0.769 bits per heavy atom. The monoisotopic (exact) mass is 737 g/mol. The van der Waals surface area contributed by atoms with Crippen molar-refractivity contribution in [3.05, 3.63) is 0 Å². The van der Waals surface area contributed by atoms with E-state index in [0.29, 0.717) is 19.3 Å². The molecule has 1 atom stereocenters. The number of hydrogen-bond acceptors (Lipinski definition) is 6. The van der Waals surface area contributed by atoms with Crippen LogP contribution in [0.3, 0.4) is 0 Å². The second kappa shape index (κ2) is 42.2. The Morgan fingerprint density at radius 2 is 0.519 bits per heavy atom. The molecule has 0 spiro atoms. The molecule has 0 heterocycles. The van der Waals surface area contributed by atoms with Crippen molar-refractivity contribution in [2.75, 3.05) is 13.2 Å². The molecule has 0 fully saturated rings. The smallest absolute Gasteiger partial charge is 0.306 e. The average molecular weight is 737 g/mol. The van der Waals surface area contributed by atoms with Crippen LogP contribution in [-0.4, -0.2) is 37.2 Å². The molecule has 0 saturated carbocycles. The summed E-state index contributed by atoms with van der Waals surface area (Å²) in [6, 6.07) is 0. The molecular formula is C46H88O6. The Morgan fingerprint density at radius 1 is 0.308 bits per heavy atom. The van der Waals surface area contributed by atoms with Crippen LogP contribution in [0.15, 0.2) is 0 Å². The molecule has 0 aromatic rings. The first-order valence-corrected chi connectivity index (χ1v) is 23.0. The molecular weight excluding hydrogens is 648 g/mol. The van der Waals surface area contributed by atoms with Crippen molar-refractivity contribution >= 4 is 17.9 Å². The van der Waals surface area contributed by atoms with Gasteiger partial charge in [-0.15, -0.1) is 0 Å². The van der Waals surface area contributed by atoms with Gasteiger partial charge < -0.3 is 14.2 Å². The van der Waals surface area contributed by atoms with Crippen molar-refractivity contribution in [1.29, 1.82) is 0 Å². The summed E-state index contributed by atoms with van der Waals surface area (Å²) in [5.74, 6) is -0.864. The second-order valence-electron chi connectivity index (χ2n) is 15.7. The molecule has 0 aromatic carbocycles. The van der Waals surface area contributed by atoms with E-state index in [4.69, 9.17) is 14.2 Å². The number of esters is 3. The maximum atomic E-state index is 12.7. The maximum absolute atomic E-state index is 12.7. The zero-order chi connectivity index (χ0) is 38.0. The SMILES string of the molecule is CCCCCCCCCCCCCCCCCC(=O)OCC(COC(=O)CCCCCCC)OC(=O)CCCCCCCCCCCCCCCC. The van der Waals surface area contributed by atoms with Crippen molar-refractivity contribution < 1.29 is 28.6 Å². The van der Waals surface area contributed by atoms with Crippen LogP contribution in [-0.2, 0) is 28.6 Å². The van der Waals surface area contributed by atoms with E-state index in [2.05, 4.69) is 20.8 Å². The Bertz CT molecular complexity index is 768. The minimum absolute atomic E-state index is 0.0637. The lowest BCUT2D eigenvalue weighted by molar-refractivity contribution is -0.167. The summed E-state index contributed by atoms with van der Waals surface area (Å²) >= 11 is 0. The van der Waals surface area contributed by atoms with E-state index in [9.17, 15) is 14.4 Å². The van der Waals surface area contributed by atoms with Crippen molar-refractivity contribution in [2.45, 2.75) is 264 Å². The van der Waals surface area contributed by atoms with E-state index in [1.54, 1.807) is 0 Å². The molecule has 0 aliphatic rings. The average Bonchev–Trinajstić information content (AvgIpc) is 3.14. The third-order valence-electron chi connectivity index (χ3n) is 10.4. The molecule has 0 amide bonds. The standard InChI is InChI=1S/C46H88O6/c1-4-7-10-13-15-17-19-21-23-25-26-28-30-33-36-39-45(48)51-42-43(41-50-44(47)38-35-32-12-9-6-3)52-46(49)40-37-34-31-29-27-24-22-20-18-16-14-11-8-5-2/h43H,4-42H2,1-3H3. The highest BCUT2D eigenvalue weighted by Gasteiger charge is 2.19. The van der Waals surface area contributed by atoms with Gasteiger partial charge in [-0.3, -0.25) is 14.4 Å². The summed E-state index contributed by atoms with van der Waals surface area (Å²) in [4.78, 5) is 37.5. The van der Waals surface area contributed by atoms with Crippen LogP contribution in [0.4, 0.5) is 0 Å². The van der Waals surface area contributed by atoms with E-state index in [1.807, 2.05) is 0 Å². The Hall–Kier alpha value is -1.59. The predicted molar refractivity (Wildman–Crippen MR) is 220 cm³/mol. The third kappa shape index (κ3) is 39.6. The highest BCUT2D eigenvalue weighted by molar-refractivity contribution is 5.71. The summed E-state index contributed by atoms with van der Waals surface area (Å²) in [5.41, 5.74) is 0. The summed E-state index contributed by atoms with van der Waals surface area (Å²) in [6.07, 6.45) is 42.5. The number of ether oxygens (including phenoxy) is 3. The molecule has 6 heteroatoms. The normalized spacial score (nSPS) is 11.8. The van der Waals surface area contributed by atoms with Gasteiger partial charge in [0.25, 0.3) is 0 Å². The topological polar surface area (TPSA) is 78.9 Å². The van der Waals surface area contributed by atoms with Gasteiger partial charge in [0.2, 0.25) is 0 Å². The molecule has 0 aliphatic carbocycles. The molecule has 0 rings (SSSR count). The van der Waals surface area contributed by atoms with Crippen LogP contribution in [0.25, 0.3) is 0 Å². The zero-order valence-corrected chi connectivity index (χ0v) is 35.1. The Kier molecular flexibility index (Phi) is 40.9. The Balaban J connectivity index is 4.16. The van der Waals surface area contributed by atoms with Crippen LogP contribution >= 0.6 is 0 Å². The first kappa shape index (κ1) is 50.4. The number of unbranched alkanes of at least 4 members (excludes halogenated alkanes) is 31. The van der Waals surface area contributed by atoms with E-state index >= 15 is 0 Å². The van der Waals surface area contributed by atoms with Gasteiger partial charge in [-0.25, -0.2) is 0 Å². The number of hydrogen-bond donors (Lipinski definition) is 0. The quantitative estimate of drug-likeness (QED) is 0.0353. The lowest BCUT2D eigenvalue weighted by atomic mass is 10.0. The molecule has 6 nitrogen and oxygen atoms in total. The first-order chi connectivity index (χ1) is 25.5. The van der Waals surface area contributed by atoms with Crippen LogP contribution in [0.5, 0.6) is 0 Å². The van der Waals surface area contributed by atoms with Gasteiger partial charge in [-0.1, -0.05) is 220 Å². The van der Waals surface area contributed by atoms with Crippen LogP contribution in [0.2, 0.25) is 0 Å². The summed E-state index contributed by atoms with van der Waals surface area (Å²) in [5, 5.41) is 0. The summed E-state index contributed by atoms with van der Waals surface area (Å²) < 4.78 is 16.6. The van der Waals surface area contributed by atoms with Crippen molar-refractivity contribution in [3.8, 4) is 0 Å². The van der Waals surface area contributed by atoms with E-state index in [1.165, 1.54) is 154 Å². The summed E-state index contributed by atoms with van der Waals surface area (Å²) in [6.45, 7) is 6.58. The zero-order valence-electron chi connectivity index (χ0n) is 35.1. The number of carbonyl (C=O) groups excluding carboxylic acids is 3. The van der Waals surface area contributed by atoms with Crippen LogP contribution in [0.1, 0.15) is 258 Å². The van der Waals surface area contributed by atoms with E-state index in [-0.39, 0.29) is 31.1 Å². The highest BCUT2D eigenvalue weighted by atomic mass is 16.6. The largest absolute Gasteiger partial charge is 0.462 e. The molecule has 308 valence electrons. The molecule has 0 aromatic heterocycles. The van der Waals surface area contributed by atoms with Crippen molar-refractivity contribution in [3.63, 3.8) is 0 Å². The van der Waals surface area contributed by atoms with Gasteiger partial charge in [-0.2, -0.15) is 0 Å². The fourth-order valence-corrected chi connectivity index (χ4v) is 6.85. The predicted octanol–water partition coefficient (Wildman–Crippen LogP) is 14.5. The van der Waals surface area contributed by atoms with Gasteiger partial charge in [0.15, 0.2) is 6.10 Å². The lowest BCUT2D eigenvalue weighted by Crippen LogP contribution is -2.30. The molecule has 1 unspecified atom stereocenters. The van der Waals surface area contributed by atoms with Crippen LogP contribution < -0.4 is 0 Å². The molecule has 0 aliphatic heterocycles. The maximum Gasteiger partial charge on any atom is 0.306 e. The minimum atomic E-state index is -0.756. The molecule has 0 bridgehead atoms. The second-order valence-corrected chi connectivity index (χ2v) is 15.7. The number of carbonyl (C=O) groups is 3. The minimum Gasteiger partial charge on any atom is -0.462 e. The fraction of sp³-hybridized carbons (Fsp3) is 0.935. The van der Waals surface area contributed by atoms with Gasteiger partial charge in [0.05, 0.1) is 0 Å². The van der Waals surface area contributed by atoms with E-state index in [0.717, 1.165) is 64.2 Å². The third-order valence-corrected chi connectivity index (χ3v) is 10.4. The summed E-state index contributed by atoms with van der Waals surface area (Å²) in [7, 11) is 0. The van der Waals surface area contributed by atoms with Gasteiger partial charge >= 0.3 is 17.9 Å². The highest BCUT2D eigenvalue weighted by Crippen LogP contribution is 2.16. The fourth-order valence-electron chi connectivity index (χ4n) is 6.85. The molecule has 0 saturated heterocycles. The van der Waals surface area contributed by atoms with Crippen molar-refractivity contribution in [2.24, 2.45) is 0 Å². The van der Waals surface area contributed by atoms with Gasteiger partial charge in [0.1, 0.15) is 13.2 Å². The number of rotatable bonds is 42. The van der Waals surface area contributed by atoms with Crippen LogP contribution in [0, 0.1) is 0 Å². The first-order valence-electron chi connectivity index (χ1n) is 23.0. The van der Waals surface area contributed by atoms with Gasteiger partial charge in [0, 0.05) is 19.3 Å². The molecule has 0 N–H and O–H groups in total. The van der Waals surface area contributed by atoms with E-state index < -0.39 is 6.10 Å². The Labute approximate surface area is 323 Å². The van der Waals surface area contributed by atoms with Crippen molar-refractivity contribution in [1.82, 2.24) is 0 Å². The molecule has 52 heavy (non-hydrogen) atoms.